The first-order chi connectivity index (χ1) is 7.15. The molecule has 0 saturated carbocycles. The van der Waals surface area contributed by atoms with Gasteiger partial charge in [-0.3, -0.25) is 9.69 Å². The first kappa shape index (κ1) is 12.3. The molecule has 15 heavy (non-hydrogen) atoms. The fourth-order valence-electron chi connectivity index (χ4n) is 1.65. The van der Waals surface area contributed by atoms with Crippen LogP contribution in [0.4, 0.5) is 0 Å². The van der Waals surface area contributed by atoms with Crippen molar-refractivity contribution in [3.8, 4) is 6.07 Å². The van der Waals surface area contributed by atoms with Crippen LogP contribution in [-0.4, -0.2) is 53.8 Å². The molecule has 1 heterocycles. The average Bonchev–Trinajstić information content (AvgIpc) is 2.26. The number of carbonyl (C=O) groups is 1. The van der Waals surface area contributed by atoms with Crippen molar-refractivity contribution < 1.29 is 4.79 Å². The number of nitriles is 1. The quantitative estimate of drug-likeness (QED) is 0.669. The molecule has 4 nitrogen and oxygen atoms in total. The Hall–Kier alpha value is -0.790. The summed E-state index contributed by atoms with van der Waals surface area (Å²) in [7, 11) is 0. The standard InChI is InChI=1S/C10H16ClN3O/c1-9(11)10(15)14-7-5-13(6-8-14)4-2-3-12/h9H,2,4-8H2,1H3. The summed E-state index contributed by atoms with van der Waals surface area (Å²) in [5.41, 5.74) is 0. The Bertz CT molecular complexity index is 254. The smallest absolute Gasteiger partial charge is 0.240 e. The molecule has 0 aromatic heterocycles. The third-order valence-electron chi connectivity index (χ3n) is 2.56. The Labute approximate surface area is 95.4 Å². The normalized spacial score (nSPS) is 19.7. The lowest BCUT2D eigenvalue weighted by Gasteiger charge is -2.34. The summed E-state index contributed by atoms with van der Waals surface area (Å²) >= 11 is 5.73. The zero-order chi connectivity index (χ0) is 11.3. The van der Waals surface area contributed by atoms with E-state index >= 15 is 0 Å². The predicted molar refractivity (Wildman–Crippen MR) is 58.6 cm³/mol. The van der Waals surface area contributed by atoms with Crippen LogP contribution in [0, 0.1) is 11.3 Å². The lowest BCUT2D eigenvalue weighted by Crippen LogP contribution is -2.50. The van der Waals surface area contributed by atoms with Crippen molar-refractivity contribution in [2.45, 2.75) is 18.7 Å². The van der Waals surface area contributed by atoms with Crippen molar-refractivity contribution in [1.29, 1.82) is 5.26 Å². The van der Waals surface area contributed by atoms with Crippen LogP contribution in [0.2, 0.25) is 0 Å². The van der Waals surface area contributed by atoms with E-state index in [9.17, 15) is 4.79 Å². The van der Waals surface area contributed by atoms with E-state index in [1.54, 1.807) is 11.8 Å². The maximum absolute atomic E-state index is 11.5. The maximum Gasteiger partial charge on any atom is 0.240 e. The summed E-state index contributed by atoms with van der Waals surface area (Å²) in [5, 5.41) is 8.02. The van der Waals surface area contributed by atoms with E-state index in [2.05, 4.69) is 11.0 Å². The van der Waals surface area contributed by atoms with Gasteiger partial charge in [0, 0.05) is 39.1 Å². The highest BCUT2D eigenvalue weighted by molar-refractivity contribution is 6.30. The van der Waals surface area contributed by atoms with Crippen LogP contribution < -0.4 is 0 Å². The number of hydrogen-bond acceptors (Lipinski definition) is 3. The van der Waals surface area contributed by atoms with Crippen LogP contribution in [0.3, 0.4) is 0 Å². The zero-order valence-electron chi connectivity index (χ0n) is 8.95. The van der Waals surface area contributed by atoms with Gasteiger partial charge in [0.05, 0.1) is 6.07 Å². The van der Waals surface area contributed by atoms with Gasteiger partial charge in [-0.1, -0.05) is 0 Å². The molecule has 1 aliphatic heterocycles. The highest BCUT2D eigenvalue weighted by atomic mass is 35.5. The second-order valence-electron chi connectivity index (χ2n) is 3.69. The second kappa shape index (κ2) is 5.94. The fourth-order valence-corrected chi connectivity index (χ4v) is 1.79. The van der Waals surface area contributed by atoms with Crippen LogP contribution in [0.25, 0.3) is 0 Å². The van der Waals surface area contributed by atoms with Crippen LogP contribution in [-0.2, 0) is 4.79 Å². The van der Waals surface area contributed by atoms with Crippen molar-refractivity contribution in [2.75, 3.05) is 32.7 Å². The predicted octanol–water partition coefficient (Wildman–Crippen LogP) is 0.672. The van der Waals surface area contributed by atoms with Gasteiger partial charge in [-0.25, -0.2) is 0 Å². The first-order valence-electron chi connectivity index (χ1n) is 5.17. The zero-order valence-corrected chi connectivity index (χ0v) is 9.70. The highest BCUT2D eigenvalue weighted by Crippen LogP contribution is 2.07. The molecule has 1 unspecified atom stereocenters. The molecule has 0 radical (unpaired) electrons. The summed E-state index contributed by atoms with van der Waals surface area (Å²) < 4.78 is 0. The summed E-state index contributed by atoms with van der Waals surface area (Å²) in [6, 6.07) is 2.12. The SMILES string of the molecule is CC(Cl)C(=O)N1CCN(CCC#N)CC1. The van der Waals surface area contributed by atoms with Gasteiger partial charge in [-0.05, 0) is 6.92 Å². The minimum Gasteiger partial charge on any atom is -0.339 e. The van der Waals surface area contributed by atoms with E-state index in [0.29, 0.717) is 6.42 Å². The van der Waals surface area contributed by atoms with Crippen molar-refractivity contribution >= 4 is 17.5 Å². The Morgan fingerprint density at radius 3 is 2.53 bits per heavy atom. The number of hydrogen-bond donors (Lipinski definition) is 0. The number of piperazine rings is 1. The average molecular weight is 230 g/mol. The largest absolute Gasteiger partial charge is 0.339 e. The van der Waals surface area contributed by atoms with Crippen molar-refractivity contribution in [3.63, 3.8) is 0 Å². The van der Waals surface area contributed by atoms with Gasteiger partial charge in [0.25, 0.3) is 0 Å². The number of carbonyl (C=O) groups excluding carboxylic acids is 1. The molecule has 0 spiro atoms. The molecular formula is C10H16ClN3O. The minimum atomic E-state index is -0.435. The Kier molecular flexibility index (Phi) is 4.86. The maximum atomic E-state index is 11.5. The molecule has 1 rings (SSSR count). The van der Waals surface area contributed by atoms with Crippen LogP contribution in [0.1, 0.15) is 13.3 Å². The molecule has 0 bridgehead atoms. The number of nitrogens with zero attached hydrogens (tertiary/aromatic N) is 3. The molecule has 0 aromatic rings. The molecular weight excluding hydrogens is 214 g/mol. The Morgan fingerprint density at radius 1 is 1.47 bits per heavy atom. The van der Waals surface area contributed by atoms with Gasteiger partial charge in [0.1, 0.15) is 5.38 Å². The van der Waals surface area contributed by atoms with Gasteiger partial charge in [-0.15, -0.1) is 11.6 Å². The third kappa shape index (κ3) is 3.69. The van der Waals surface area contributed by atoms with Gasteiger partial charge in [0.2, 0.25) is 5.91 Å². The van der Waals surface area contributed by atoms with Gasteiger partial charge < -0.3 is 4.90 Å². The molecule has 1 saturated heterocycles. The topological polar surface area (TPSA) is 47.3 Å². The third-order valence-corrected chi connectivity index (χ3v) is 2.75. The summed E-state index contributed by atoms with van der Waals surface area (Å²) in [6.07, 6.45) is 0.555. The summed E-state index contributed by atoms with van der Waals surface area (Å²) in [4.78, 5) is 15.5. The first-order valence-corrected chi connectivity index (χ1v) is 5.61. The molecule has 0 N–H and O–H groups in total. The van der Waals surface area contributed by atoms with Crippen LogP contribution in [0.5, 0.6) is 0 Å². The number of amides is 1. The molecule has 5 heteroatoms. The molecule has 1 aliphatic rings. The highest BCUT2D eigenvalue weighted by Gasteiger charge is 2.23. The summed E-state index contributed by atoms with van der Waals surface area (Å²) in [6.45, 7) is 5.64. The van der Waals surface area contributed by atoms with E-state index in [4.69, 9.17) is 16.9 Å². The fraction of sp³-hybridized carbons (Fsp3) is 0.800. The number of alkyl halides is 1. The monoisotopic (exact) mass is 229 g/mol. The Morgan fingerprint density at radius 2 is 2.07 bits per heavy atom. The van der Waals surface area contributed by atoms with Crippen molar-refractivity contribution in [3.05, 3.63) is 0 Å². The van der Waals surface area contributed by atoms with E-state index in [0.717, 1.165) is 32.7 Å². The van der Waals surface area contributed by atoms with Gasteiger partial charge in [0.15, 0.2) is 0 Å². The molecule has 0 aromatic carbocycles. The second-order valence-corrected chi connectivity index (χ2v) is 4.35. The Balaban J connectivity index is 2.30. The van der Waals surface area contributed by atoms with Crippen molar-refractivity contribution in [2.24, 2.45) is 0 Å². The van der Waals surface area contributed by atoms with Crippen LogP contribution >= 0.6 is 11.6 Å². The van der Waals surface area contributed by atoms with Crippen LogP contribution in [0.15, 0.2) is 0 Å². The van der Waals surface area contributed by atoms with Crippen molar-refractivity contribution in [1.82, 2.24) is 9.80 Å². The lowest BCUT2D eigenvalue weighted by atomic mass is 10.2. The molecule has 1 amide bonds. The number of halogens is 1. The van der Waals surface area contributed by atoms with E-state index < -0.39 is 5.38 Å². The molecule has 84 valence electrons. The van der Waals surface area contributed by atoms with Gasteiger partial charge >= 0.3 is 0 Å². The van der Waals surface area contributed by atoms with E-state index in [1.165, 1.54) is 0 Å². The molecule has 0 aliphatic carbocycles. The molecule has 1 atom stereocenters. The van der Waals surface area contributed by atoms with E-state index in [1.807, 2.05) is 0 Å². The summed E-state index contributed by atoms with van der Waals surface area (Å²) in [5.74, 6) is 0.0107. The molecule has 1 fully saturated rings. The van der Waals surface area contributed by atoms with E-state index in [-0.39, 0.29) is 5.91 Å². The minimum absolute atomic E-state index is 0.0107. The number of rotatable bonds is 3. The van der Waals surface area contributed by atoms with Gasteiger partial charge in [-0.2, -0.15) is 5.26 Å². The lowest BCUT2D eigenvalue weighted by molar-refractivity contribution is -0.132.